The van der Waals surface area contributed by atoms with Gasteiger partial charge in [0.05, 0.1) is 19.4 Å². The highest BCUT2D eigenvalue weighted by atomic mass is 16.5. The summed E-state index contributed by atoms with van der Waals surface area (Å²) in [6.45, 7) is 8.12. The third-order valence-electron chi connectivity index (χ3n) is 3.67. The Morgan fingerprint density at radius 2 is 1.86 bits per heavy atom. The van der Waals surface area contributed by atoms with Crippen LogP contribution in [0.15, 0.2) is 23.3 Å². The second-order valence-corrected chi connectivity index (χ2v) is 5.54. The van der Waals surface area contributed by atoms with Crippen molar-refractivity contribution < 1.29 is 19.4 Å². The Bertz CT molecular complexity index is 407. The van der Waals surface area contributed by atoms with E-state index in [9.17, 15) is 9.59 Å². The Hall–Kier alpha value is -1.58. The van der Waals surface area contributed by atoms with Crippen molar-refractivity contribution in [3.8, 4) is 0 Å². The van der Waals surface area contributed by atoms with Crippen molar-refractivity contribution >= 4 is 11.9 Å². The van der Waals surface area contributed by atoms with E-state index in [4.69, 9.17) is 9.84 Å². The van der Waals surface area contributed by atoms with Crippen molar-refractivity contribution in [1.82, 2.24) is 0 Å². The number of esters is 1. The summed E-state index contributed by atoms with van der Waals surface area (Å²) in [4.78, 5) is 22.6. The molecule has 0 aliphatic carbocycles. The molecule has 1 N–H and O–H groups in total. The number of methoxy groups -OCH3 is 1. The predicted octanol–water partition coefficient (Wildman–Crippen LogP) is 3.97. The van der Waals surface area contributed by atoms with E-state index in [0.717, 1.165) is 19.3 Å². The topological polar surface area (TPSA) is 63.6 Å². The van der Waals surface area contributed by atoms with Crippen LogP contribution in [0.5, 0.6) is 0 Å². The van der Waals surface area contributed by atoms with Gasteiger partial charge in [0.1, 0.15) is 0 Å². The number of carbonyl (C=O) groups is 2. The van der Waals surface area contributed by atoms with E-state index in [1.54, 1.807) is 0 Å². The zero-order valence-electron chi connectivity index (χ0n) is 13.8. The fourth-order valence-corrected chi connectivity index (χ4v) is 2.16. The average molecular weight is 296 g/mol. The number of hydrogen-bond donors (Lipinski definition) is 1. The Kier molecular flexibility index (Phi) is 9.42. The molecule has 0 amide bonds. The Labute approximate surface area is 127 Å². The van der Waals surface area contributed by atoms with Crippen LogP contribution in [-0.2, 0) is 14.3 Å². The summed E-state index contributed by atoms with van der Waals surface area (Å²) >= 11 is 0. The number of carboxylic acid groups (broad SMARTS) is 1. The van der Waals surface area contributed by atoms with Gasteiger partial charge in [-0.1, -0.05) is 37.1 Å². The van der Waals surface area contributed by atoms with E-state index in [1.165, 1.54) is 18.3 Å². The van der Waals surface area contributed by atoms with Crippen molar-refractivity contribution in [3.63, 3.8) is 0 Å². The molecule has 0 aromatic carbocycles. The molecule has 0 aromatic rings. The molecule has 0 bridgehead atoms. The van der Waals surface area contributed by atoms with E-state index in [-0.39, 0.29) is 12.3 Å². The lowest BCUT2D eigenvalue weighted by molar-refractivity contribution is -0.152. The van der Waals surface area contributed by atoms with Crippen LogP contribution in [0.3, 0.4) is 0 Å². The molecule has 21 heavy (non-hydrogen) atoms. The fraction of sp³-hybridized carbons (Fsp3) is 0.647. The standard InChI is InChI=1S/C17H28O4/c1-6-12(2)8-7-9-13(3)10-14(4)15(11-16(18)19)17(20)21-5/h8,10,14-15H,6-7,9,11H2,1-5H3,(H,18,19). The van der Waals surface area contributed by atoms with Gasteiger partial charge in [0.2, 0.25) is 0 Å². The molecular formula is C17H28O4. The van der Waals surface area contributed by atoms with Crippen LogP contribution in [0.4, 0.5) is 0 Å². The van der Waals surface area contributed by atoms with Crippen LogP contribution in [-0.4, -0.2) is 24.2 Å². The first-order valence-corrected chi connectivity index (χ1v) is 7.44. The molecule has 4 heteroatoms. The number of carbonyl (C=O) groups excluding carboxylic acids is 1. The summed E-state index contributed by atoms with van der Waals surface area (Å²) in [5, 5.41) is 8.90. The van der Waals surface area contributed by atoms with Crippen molar-refractivity contribution in [1.29, 1.82) is 0 Å². The highest BCUT2D eigenvalue weighted by Gasteiger charge is 2.27. The maximum absolute atomic E-state index is 11.7. The summed E-state index contributed by atoms with van der Waals surface area (Å²) in [6, 6.07) is 0. The highest BCUT2D eigenvalue weighted by molar-refractivity contribution is 5.79. The smallest absolute Gasteiger partial charge is 0.309 e. The van der Waals surface area contributed by atoms with Gasteiger partial charge in [0.25, 0.3) is 0 Å². The summed E-state index contributed by atoms with van der Waals surface area (Å²) in [7, 11) is 1.29. The van der Waals surface area contributed by atoms with Crippen LogP contribution >= 0.6 is 0 Å². The lowest BCUT2D eigenvalue weighted by Crippen LogP contribution is -2.25. The number of carboxylic acids is 1. The van der Waals surface area contributed by atoms with Gasteiger partial charge in [0.15, 0.2) is 0 Å². The number of aliphatic carboxylic acids is 1. The van der Waals surface area contributed by atoms with E-state index in [0.29, 0.717) is 0 Å². The maximum atomic E-state index is 11.7. The average Bonchev–Trinajstić information content (AvgIpc) is 2.43. The summed E-state index contributed by atoms with van der Waals surface area (Å²) in [5.74, 6) is -2.22. The molecule has 0 rings (SSSR count). The highest BCUT2D eigenvalue weighted by Crippen LogP contribution is 2.22. The third kappa shape index (κ3) is 8.33. The van der Waals surface area contributed by atoms with Crippen LogP contribution in [0.25, 0.3) is 0 Å². The monoisotopic (exact) mass is 296 g/mol. The molecule has 0 aliphatic rings. The molecule has 2 unspecified atom stereocenters. The van der Waals surface area contributed by atoms with Crippen molar-refractivity contribution in [2.24, 2.45) is 11.8 Å². The zero-order chi connectivity index (χ0) is 16.4. The van der Waals surface area contributed by atoms with Gasteiger partial charge in [0, 0.05) is 0 Å². The van der Waals surface area contributed by atoms with Crippen molar-refractivity contribution in [2.45, 2.75) is 53.4 Å². The zero-order valence-corrected chi connectivity index (χ0v) is 13.8. The summed E-state index contributed by atoms with van der Waals surface area (Å²) in [6.07, 6.45) is 6.95. The largest absolute Gasteiger partial charge is 0.481 e. The van der Waals surface area contributed by atoms with Gasteiger partial charge in [-0.15, -0.1) is 0 Å². The number of allylic oxidation sites excluding steroid dienone is 4. The molecule has 0 saturated carbocycles. The first kappa shape index (κ1) is 19.4. The van der Waals surface area contributed by atoms with Gasteiger partial charge in [-0.3, -0.25) is 9.59 Å². The van der Waals surface area contributed by atoms with E-state index in [2.05, 4.69) is 19.9 Å². The lowest BCUT2D eigenvalue weighted by Gasteiger charge is -2.18. The normalized spacial score (nSPS) is 15.5. The maximum Gasteiger partial charge on any atom is 0.309 e. The van der Waals surface area contributed by atoms with Crippen LogP contribution in [0, 0.1) is 11.8 Å². The second kappa shape index (κ2) is 10.2. The number of rotatable bonds is 9. The molecule has 0 radical (unpaired) electrons. The third-order valence-corrected chi connectivity index (χ3v) is 3.67. The molecule has 0 aromatic heterocycles. The molecular weight excluding hydrogens is 268 g/mol. The minimum Gasteiger partial charge on any atom is -0.481 e. The first-order valence-electron chi connectivity index (χ1n) is 7.44. The lowest BCUT2D eigenvalue weighted by atomic mass is 9.89. The molecule has 0 spiro atoms. The minimum absolute atomic E-state index is 0.148. The quantitative estimate of drug-likeness (QED) is 0.516. The Morgan fingerprint density at radius 3 is 2.33 bits per heavy atom. The predicted molar refractivity (Wildman–Crippen MR) is 84.0 cm³/mol. The van der Waals surface area contributed by atoms with E-state index < -0.39 is 17.9 Å². The first-order chi connectivity index (χ1) is 9.81. The summed E-state index contributed by atoms with van der Waals surface area (Å²) < 4.78 is 4.70. The van der Waals surface area contributed by atoms with Gasteiger partial charge < -0.3 is 9.84 Å². The van der Waals surface area contributed by atoms with Crippen LogP contribution in [0.2, 0.25) is 0 Å². The summed E-state index contributed by atoms with van der Waals surface area (Å²) in [5.41, 5.74) is 2.54. The van der Waals surface area contributed by atoms with Gasteiger partial charge in [-0.2, -0.15) is 0 Å². The molecule has 0 heterocycles. The fourth-order valence-electron chi connectivity index (χ4n) is 2.16. The SMILES string of the molecule is CCC(C)=CCCC(C)=CC(C)C(CC(=O)O)C(=O)OC. The molecule has 120 valence electrons. The number of ether oxygens (including phenoxy) is 1. The Balaban J connectivity index is 4.70. The van der Waals surface area contributed by atoms with Crippen LogP contribution in [0.1, 0.15) is 53.4 Å². The minimum atomic E-state index is -0.982. The molecule has 0 aliphatic heterocycles. The van der Waals surface area contributed by atoms with E-state index >= 15 is 0 Å². The van der Waals surface area contributed by atoms with Crippen molar-refractivity contribution in [2.75, 3.05) is 7.11 Å². The Morgan fingerprint density at radius 1 is 1.24 bits per heavy atom. The van der Waals surface area contributed by atoms with E-state index in [1.807, 2.05) is 19.9 Å². The van der Waals surface area contributed by atoms with Crippen molar-refractivity contribution in [3.05, 3.63) is 23.3 Å². The second-order valence-electron chi connectivity index (χ2n) is 5.54. The molecule has 0 saturated heterocycles. The van der Waals surface area contributed by atoms with Gasteiger partial charge in [-0.25, -0.2) is 0 Å². The molecule has 4 nitrogen and oxygen atoms in total. The van der Waals surface area contributed by atoms with Gasteiger partial charge in [-0.05, 0) is 39.0 Å². The number of hydrogen-bond acceptors (Lipinski definition) is 3. The molecule has 0 fully saturated rings. The molecule has 2 atom stereocenters. The van der Waals surface area contributed by atoms with Gasteiger partial charge >= 0.3 is 11.9 Å². The van der Waals surface area contributed by atoms with Crippen LogP contribution < -0.4 is 0 Å².